The van der Waals surface area contributed by atoms with Crippen LogP contribution in [0, 0.1) is 5.92 Å². The number of hydrogen-bond acceptors (Lipinski definition) is 13. The van der Waals surface area contributed by atoms with Gasteiger partial charge in [0.25, 0.3) is 5.88 Å². The van der Waals surface area contributed by atoms with Crippen LogP contribution < -0.4 is 15.0 Å². The molecule has 3 heterocycles. The quantitative estimate of drug-likeness (QED) is 0.187. The van der Waals surface area contributed by atoms with Gasteiger partial charge in [0, 0.05) is 26.7 Å². The molecule has 16 heteroatoms. The van der Waals surface area contributed by atoms with Gasteiger partial charge in [0.2, 0.25) is 11.9 Å². The Labute approximate surface area is 280 Å². The van der Waals surface area contributed by atoms with E-state index in [1.165, 1.54) is 29.6 Å². The molecule has 2 aromatic carbocycles. The minimum Gasteiger partial charge on any atom is -0.463 e. The topological polar surface area (TPSA) is 190 Å². The Hall–Kier alpha value is -5.90. The molecule has 0 saturated carbocycles. The molecule has 2 aromatic heterocycles. The highest BCUT2D eigenvalue weighted by Gasteiger charge is 2.51. The van der Waals surface area contributed by atoms with Gasteiger partial charge in [-0.15, -0.1) is 0 Å². The average Bonchev–Trinajstić information content (AvgIpc) is 3.61. The Bertz CT molecular complexity index is 1810. The second-order valence-corrected chi connectivity index (χ2v) is 11.2. The molecular weight excluding hydrogens is 640 g/mol. The first-order valence-corrected chi connectivity index (χ1v) is 15.2. The molecular formula is C33H34N6O10. The van der Waals surface area contributed by atoms with Crippen LogP contribution in [0.4, 0.5) is 22.1 Å². The highest BCUT2D eigenvalue weighted by atomic mass is 16.7. The van der Waals surface area contributed by atoms with E-state index < -0.39 is 60.4 Å². The molecule has 1 aliphatic heterocycles. The fourth-order valence-corrected chi connectivity index (χ4v) is 5.02. The third-order valence-corrected chi connectivity index (χ3v) is 7.16. The van der Waals surface area contributed by atoms with Crippen LogP contribution >= 0.6 is 0 Å². The Morgan fingerprint density at radius 2 is 1.45 bits per heavy atom. The van der Waals surface area contributed by atoms with E-state index in [-0.39, 0.29) is 29.6 Å². The number of hydrogen-bond donors (Lipinski definition) is 1. The first-order valence-electron chi connectivity index (χ1n) is 15.2. The number of benzene rings is 2. The summed E-state index contributed by atoms with van der Waals surface area (Å²) in [5, 5.41) is 2.61. The van der Waals surface area contributed by atoms with Crippen molar-refractivity contribution in [2.75, 3.05) is 16.8 Å². The molecule has 0 aliphatic carbocycles. The number of rotatable bonds is 10. The van der Waals surface area contributed by atoms with Crippen LogP contribution in [0.25, 0.3) is 11.2 Å². The highest BCUT2D eigenvalue weighted by molar-refractivity contribution is 5.98. The van der Waals surface area contributed by atoms with Crippen LogP contribution in [0.15, 0.2) is 67.0 Å². The molecule has 0 unspecified atom stereocenters. The summed E-state index contributed by atoms with van der Waals surface area (Å²) >= 11 is 0. The Morgan fingerprint density at radius 3 is 2.00 bits per heavy atom. The first kappa shape index (κ1) is 34.4. The van der Waals surface area contributed by atoms with Crippen molar-refractivity contribution in [1.29, 1.82) is 0 Å². The summed E-state index contributed by atoms with van der Waals surface area (Å²) in [6.07, 6.45) is -4.34. The molecule has 1 saturated heterocycles. The monoisotopic (exact) mass is 674 g/mol. The van der Waals surface area contributed by atoms with Crippen molar-refractivity contribution in [3.8, 4) is 5.88 Å². The van der Waals surface area contributed by atoms with Crippen molar-refractivity contribution in [1.82, 2.24) is 19.5 Å². The van der Waals surface area contributed by atoms with E-state index in [1.807, 2.05) is 0 Å². The molecule has 1 aliphatic rings. The second kappa shape index (κ2) is 14.9. The number of fused-ring (bicyclic) bond motifs is 1. The summed E-state index contributed by atoms with van der Waals surface area (Å²) < 4.78 is 29.5. The average molecular weight is 675 g/mol. The van der Waals surface area contributed by atoms with Gasteiger partial charge in [0.1, 0.15) is 12.7 Å². The molecule has 4 aromatic rings. The van der Waals surface area contributed by atoms with Crippen LogP contribution in [0.5, 0.6) is 5.88 Å². The summed E-state index contributed by atoms with van der Waals surface area (Å²) in [5.41, 5.74) is 0.984. The molecule has 0 radical (unpaired) electrons. The smallest absolute Gasteiger partial charge is 0.425 e. The molecule has 256 valence electrons. The summed E-state index contributed by atoms with van der Waals surface area (Å²) in [7, 11) is 0. The third kappa shape index (κ3) is 7.98. The Kier molecular flexibility index (Phi) is 10.5. The van der Waals surface area contributed by atoms with Crippen LogP contribution in [0.3, 0.4) is 0 Å². The number of nitrogens with one attached hydrogen (secondary N) is 1. The van der Waals surface area contributed by atoms with Gasteiger partial charge in [-0.25, -0.2) is 14.7 Å². The van der Waals surface area contributed by atoms with E-state index in [0.717, 1.165) is 6.92 Å². The largest absolute Gasteiger partial charge is 0.463 e. The highest BCUT2D eigenvalue weighted by Crippen LogP contribution is 2.37. The van der Waals surface area contributed by atoms with E-state index in [1.54, 1.807) is 74.5 Å². The van der Waals surface area contributed by atoms with Crippen LogP contribution in [-0.4, -0.2) is 74.3 Å². The molecule has 16 nitrogen and oxygen atoms in total. The van der Waals surface area contributed by atoms with Crippen LogP contribution in [0.1, 0.15) is 40.8 Å². The van der Waals surface area contributed by atoms with Crippen molar-refractivity contribution in [3.63, 3.8) is 0 Å². The zero-order chi connectivity index (χ0) is 35.2. The molecule has 49 heavy (non-hydrogen) atoms. The molecule has 5 rings (SSSR count). The van der Waals surface area contributed by atoms with Gasteiger partial charge in [0.05, 0.1) is 17.7 Å². The second-order valence-electron chi connectivity index (χ2n) is 11.2. The van der Waals surface area contributed by atoms with E-state index >= 15 is 0 Å². The normalized spacial score (nSPS) is 18.5. The standard InChI is InChI=1S/C33H34N6O10/c1-18(2)29(43)36-32-35-28-25(30(37-32)49-33(44)39(22-12-8-6-9-13-22)23-14-10-7-11-15-23)34-17-38(28)31-27(47-21(5)42)26(46-20(4)41)24(48-31)16-45-19(3)40/h6-15,17-18,24,26-27,31H,16H2,1-5H3,(H,35,36,37,43)/t24-,26-,27-,31-/m1/s1. The van der Waals surface area contributed by atoms with Gasteiger partial charge in [-0.3, -0.25) is 29.1 Å². The lowest BCUT2D eigenvalue weighted by Crippen LogP contribution is -2.40. The summed E-state index contributed by atoms with van der Waals surface area (Å²) in [4.78, 5) is 77.1. The molecule has 1 fully saturated rings. The first-order chi connectivity index (χ1) is 23.4. The summed E-state index contributed by atoms with van der Waals surface area (Å²) in [5.74, 6) is -3.45. The Balaban J connectivity index is 1.60. The van der Waals surface area contributed by atoms with E-state index in [2.05, 4.69) is 20.3 Å². The Morgan fingerprint density at radius 1 is 0.857 bits per heavy atom. The number of imidazole rings is 1. The van der Waals surface area contributed by atoms with Gasteiger partial charge in [-0.05, 0) is 24.3 Å². The number of nitrogens with zero attached hydrogens (tertiary/aromatic N) is 5. The van der Waals surface area contributed by atoms with Crippen molar-refractivity contribution in [3.05, 3.63) is 67.0 Å². The third-order valence-electron chi connectivity index (χ3n) is 7.16. The minimum absolute atomic E-state index is 0.000285. The lowest BCUT2D eigenvalue weighted by atomic mass is 10.1. The number of carbonyl (C=O) groups excluding carboxylic acids is 5. The summed E-state index contributed by atoms with van der Waals surface area (Å²) in [6.45, 7) is 6.54. The molecule has 2 amide bonds. The van der Waals surface area contributed by atoms with Crippen molar-refractivity contribution >= 4 is 58.4 Å². The van der Waals surface area contributed by atoms with Crippen LogP contribution in [-0.2, 0) is 38.1 Å². The predicted molar refractivity (Wildman–Crippen MR) is 171 cm³/mol. The number of para-hydroxylation sites is 2. The predicted octanol–water partition coefficient (Wildman–Crippen LogP) is 4.08. The van der Waals surface area contributed by atoms with E-state index in [0.29, 0.717) is 11.4 Å². The number of carbonyl (C=O) groups is 5. The van der Waals surface area contributed by atoms with Gasteiger partial charge >= 0.3 is 24.0 Å². The fourth-order valence-electron chi connectivity index (χ4n) is 5.02. The number of amides is 2. The lowest BCUT2D eigenvalue weighted by Gasteiger charge is -2.24. The zero-order valence-electron chi connectivity index (χ0n) is 27.3. The minimum atomic E-state index is -1.26. The van der Waals surface area contributed by atoms with E-state index in [4.69, 9.17) is 23.7 Å². The van der Waals surface area contributed by atoms with Gasteiger partial charge in [0.15, 0.2) is 29.6 Å². The maximum atomic E-state index is 13.9. The maximum Gasteiger partial charge on any atom is 0.425 e. The molecule has 4 atom stereocenters. The molecule has 0 spiro atoms. The fraction of sp³-hybridized carbons (Fsp3) is 0.333. The number of aromatic nitrogens is 4. The van der Waals surface area contributed by atoms with Crippen LogP contribution in [0.2, 0.25) is 0 Å². The molecule has 0 bridgehead atoms. The molecule has 1 N–H and O–H groups in total. The van der Waals surface area contributed by atoms with E-state index in [9.17, 15) is 24.0 Å². The number of esters is 3. The van der Waals surface area contributed by atoms with Gasteiger partial charge in [-0.1, -0.05) is 50.2 Å². The van der Waals surface area contributed by atoms with Crippen molar-refractivity contribution < 1.29 is 47.7 Å². The number of ether oxygens (including phenoxy) is 5. The summed E-state index contributed by atoms with van der Waals surface area (Å²) in [6, 6.07) is 17.6. The zero-order valence-corrected chi connectivity index (χ0v) is 27.3. The van der Waals surface area contributed by atoms with Gasteiger partial charge < -0.3 is 23.7 Å². The van der Waals surface area contributed by atoms with Crippen molar-refractivity contribution in [2.24, 2.45) is 5.92 Å². The van der Waals surface area contributed by atoms with Crippen molar-refractivity contribution in [2.45, 2.75) is 59.2 Å². The number of anilines is 3. The SMILES string of the molecule is CC(=O)OC[C@H]1O[C@@H](n2cnc3c(OC(=O)N(c4ccccc4)c4ccccc4)nc(NC(=O)C(C)C)nc32)[C@H](OC(C)=O)[C@@H]1OC(C)=O. The maximum absolute atomic E-state index is 13.9. The van der Waals surface area contributed by atoms with Gasteiger partial charge in [-0.2, -0.15) is 9.97 Å². The lowest BCUT2D eigenvalue weighted by molar-refractivity contribution is -0.166.